The molecule has 2 heterocycles. The van der Waals surface area contributed by atoms with Gasteiger partial charge in [0.15, 0.2) is 0 Å². The van der Waals surface area contributed by atoms with Crippen LogP contribution in [-0.2, 0) is 16.0 Å². The lowest BCUT2D eigenvalue weighted by Gasteiger charge is -2.38. The molecule has 0 spiro atoms. The Labute approximate surface area is 186 Å². The number of thiophene rings is 1. The average molecular weight is 453 g/mol. The quantitative estimate of drug-likeness (QED) is 0.620. The van der Waals surface area contributed by atoms with Gasteiger partial charge in [-0.2, -0.15) is 0 Å². The fourth-order valence-corrected chi connectivity index (χ4v) is 5.12. The first kappa shape index (κ1) is 22.1. The van der Waals surface area contributed by atoms with E-state index in [1.54, 1.807) is 28.4 Å². The summed E-state index contributed by atoms with van der Waals surface area (Å²) in [7, 11) is 0. The lowest BCUT2D eigenvalue weighted by molar-refractivity contribution is -0.146. The predicted octanol–water partition coefficient (Wildman–Crippen LogP) is 5.42. The summed E-state index contributed by atoms with van der Waals surface area (Å²) in [6, 6.07) is 7.19. The van der Waals surface area contributed by atoms with Crippen molar-refractivity contribution in [1.29, 1.82) is 0 Å². The summed E-state index contributed by atoms with van der Waals surface area (Å²) >= 11 is 14.3. The molecule has 0 bridgehead atoms. The first-order chi connectivity index (χ1) is 13.6. The van der Waals surface area contributed by atoms with Gasteiger partial charge in [0.1, 0.15) is 0 Å². The summed E-state index contributed by atoms with van der Waals surface area (Å²) in [5.41, 5.74) is 1.43. The second-order valence-electron chi connectivity index (χ2n) is 8.27. The van der Waals surface area contributed by atoms with Crippen LogP contribution in [0.15, 0.2) is 29.6 Å². The molecule has 2 amide bonds. The van der Waals surface area contributed by atoms with Crippen molar-refractivity contribution in [2.24, 2.45) is 5.41 Å². The molecular formula is C22H26Cl2N2O2S. The van der Waals surface area contributed by atoms with Crippen molar-refractivity contribution in [3.05, 3.63) is 55.7 Å². The van der Waals surface area contributed by atoms with Gasteiger partial charge in [-0.1, -0.05) is 50.0 Å². The Bertz CT molecular complexity index is 920. The van der Waals surface area contributed by atoms with Crippen molar-refractivity contribution < 1.29 is 9.59 Å². The molecule has 0 saturated carbocycles. The fourth-order valence-electron chi connectivity index (χ4n) is 3.70. The maximum atomic E-state index is 13.4. The highest BCUT2D eigenvalue weighted by molar-refractivity contribution is 7.10. The number of likely N-dealkylation sites (N-methyl/N-ethyl adjacent to an activating group) is 1. The fraction of sp³-hybridized carbons (Fsp3) is 0.455. The number of rotatable bonds is 4. The summed E-state index contributed by atoms with van der Waals surface area (Å²) in [6.07, 6.45) is 0.805. The number of nitrogens with zero attached hydrogens (tertiary/aromatic N) is 2. The van der Waals surface area contributed by atoms with E-state index in [-0.39, 0.29) is 24.4 Å². The summed E-state index contributed by atoms with van der Waals surface area (Å²) < 4.78 is 0. The smallest absolute Gasteiger partial charge is 0.242 e. The van der Waals surface area contributed by atoms with Crippen LogP contribution in [0.4, 0.5) is 0 Å². The van der Waals surface area contributed by atoms with Crippen LogP contribution >= 0.6 is 34.5 Å². The molecule has 4 nitrogen and oxygen atoms in total. The van der Waals surface area contributed by atoms with E-state index in [2.05, 4.69) is 11.4 Å². The van der Waals surface area contributed by atoms with Gasteiger partial charge in [0, 0.05) is 33.4 Å². The van der Waals surface area contributed by atoms with Gasteiger partial charge in [0.05, 0.1) is 12.6 Å². The Morgan fingerprint density at radius 2 is 1.93 bits per heavy atom. The predicted molar refractivity (Wildman–Crippen MR) is 120 cm³/mol. The molecule has 29 heavy (non-hydrogen) atoms. The molecule has 0 N–H and O–H groups in total. The van der Waals surface area contributed by atoms with Crippen molar-refractivity contribution in [2.75, 3.05) is 19.6 Å². The Morgan fingerprint density at radius 1 is 1.21 bits per heavy atom. The minimum Gasteiger partial charge on any atom is -0.333 e. The molecule has 2 aromatic rings. The summed E-state index contributed by atoms with van der Waals surface area (Å²) in [6.45, 7) is 8.67. The number of carbonyl (C=O) groups excluding carboxylic acids is 2. The number of fused-ring (bicyclic) bond motifs is 1. The van der Waals surface area contributed by atoms with Crippen LogP contribution in [0, 0.1) is 5.41 Å². The van der Waals surface area contributed by atoms with Crippen molar-refractivity contribution >= 4 is 46.4 Å². The zero-order chi connectivity index (χ0) is 21.3. The number of hydrogen-bond acceptors (Lipinski definition) is 3. The minimum atomic E-state index is -0.530. The van der Waals surface area contributed by atoms with Crippen molar-refractivity contribution in [1.82, 2.24) is 9.80 Å². The van der Waals surface area contributed by atoms with E-state index in [9.17, 15) is 9.59 Å². The molecule has 1 aromatic carbocycles. The Balaban J connectivity index is 1.94. The molecule has 0 aliphatic carbocycles. The van der Waals surface area contributed by atoms with E-state index in [0.29, 0.717) is 23.1 Å². The van der Waals surface area contributed by atoms with Crippen molar-refractivity contribution in [3.63, 3.8) is 0 Å². The van der Waals surface area contributed by atoms with Gasteiger partial charge in [0.2, 0.25) is 11.8 Å². The molecule has 0 radical (unpaired) electrons. The van der Waals surface area contributed by atoms with Gasteiger partial charge < -0.3 is 9.80 Å². The number of amides is 2. The molecule has 1 aliphatic heterocycles. The second-order valence-corrected chi connectivity index (χ2v) is 10.1. The monoisotopic (exact) mass is 452 g/mol. The van der Waals surface area contributed by atoms with Crippen LogP contribution in [-0.4, -0.2) is 41.2 Å². The maximum absolute atomic E-state index is 13.4. The third kappa shape index (κ3) is 4.62. The van der Waals surface area contributed by atoms with E-state index >= 15 is 0 Å². The minimum absolute atomic E-state index is 0.0253. The topological polar surface area (TPSA) is 40.6 Å². The summed E-state index contributed by atoms with van der Waals surface area (Å²) in [4.78, 5) is 30.8. The van der Waals surface area contributed by atoms with E-state index in [0.717, 1.165) is 17.5 Å². The third-order valence-corrected chi connectivity index (χ3v) is 6.74. The van der Waals surface area contributed by atoms with E-state index in [1.165, 1.54) is 4.88 Å². The lowest BCUT2D eigenvalue weighted by Crippen LogP contribution is -2.48. The largest absolute Gasteiger partial charge is 0.333 e. The standard InChI is InChI=1S/C22H26Cl2N2O2S/c1-5-25(21(28)22(2,3)4)13-19(27)26-10-8-18-16(9-11-29-18)20(26)15-7-6-14(23)12-17(15)24/h6-7,9,11-12,20H,5,8,10,13H2,1-4H3. The number of hydrogen-bond donors (Lipinski definition) is 0. The van der Waals surface area contributed by atoms with Crippen LogP contribution in [0.1, 0.15) is 49.7 Å². The number of carbonyl (C=O) groups is 2. The summed E-state index contributed by atoms with van der Waals surface area (Å²) in [5.74, 6) is -0.0972. The molecular weight excluding hydrogens is 427 g/mol. The van der Waals surface area contributed by atoms with Gasteiger partial charge in [-0.05, 0) is 48.1 Å². The molecule has 1 aromatic heterocycles. The van der Waals surface area contributed by atoms with Crippen molar-refractivity contribution in [2.45, 2.75) is 40.2 Å². The highest BCUT2D eigenvalue weighted by Crippen LogP contribution is 2.41. The molecule has 156 valence electrons. The third-order valence-electron chi connectivity index (χ3n) is 5.18. The van der Waals surface area contributed by atoms with Gasteiger partial charge in [0.25, 0.3) is 0 Å². The van der Waals surface area contributed by atoms with E-state index < -0.39 is 5.41 Å². The molecule has 7 heteroatoms. The van der Waals surface area contributed by atoms with Crippen LogP contribution < -0.4 is 0 Å². The van der Waals surface area contributed by atoms with E-state index in [4.69, 9.17) is 23.2 Å². The molecule has 0 saturated heterocycles. The maximum Gasteiger partial charge on any atom is 0.242 e. The van der Waals surface area contributed by atoms with Crippen LogP contribution in [0.25, 0.3) is 0 Å². The molecule has 1 atom stereocenters. The normalized spacial score (nSPS) is 16.5. The van der Waals surface area contributed by atoms with Crippen LogP contribution in [0.2, 0.25) is 10.0 Å². The van der Waals surface area contributed by atoms with Crippen LogP contribution in [0.5, 0.6) is 0 Å². The zero-order valence-electron chi connectivity index (χ0n) is 17.2. The highest BCUT2D eigenvalue weighted by Gasteiger charge is 2.36. The Morgan fingerprint density at radius 3 is 2.55 bits per heavy atom. The molecule has 0 fully saturated rings. The van der Waals surface area contributed by atoms with Crippen LogP contribution in [0.3, 0.4) is 0 Å². The van der Waals surface area contributed by atoms with Crippen molar-refractivity contribution in [3.8, 4) is 0 Å². The van der Waals surface area contributed by atoms with Gasteiger partial charge in [-0.15, -0.1) is 11.3 Å². The molecule has 1 unspecified atom stereocenters. The van der Waals surface area contributed by atoms with Gasteiger partial charge in [-0.3, -0.25) is 9.59 Å². The SMILES string of the molecule is CCN(CC(=O)N1CCc2sccc2C1c1ccc(Cl)cc1Cl)C(=O)C(C)(C)C. The zero-order valence-corrected chi connectivity index (χ0v) is 19.5. The molecule has 1 aliphatic rings. The Hall–Kier alpha value is -1.56. The lowest BCUT2D eigenvalue weighted by atomic mass is 9.92. The molecule has 3 rings (SSSR count). The summed E-state index contributed by atoms with van der Waals surface area (Å²) in [5, 5.41) is 3.15. The Kier molecular flexibility index (Phi) is 6.61. The first-order valence-corrected chi connectivity index (χ1v) is 11.4. The second kappa shape index (κ2) is 8.66. The van der Waals surface area contributed by atoms with Gasteiger partial charge >= 0.3 is 0 Å². The van der Waals surface area contributed by atoms with E-state index in [1.807, 2.05) is 38.7 Å². The highest BCUT2D eigenvalue weighted by atomic mass is 35.5. The number of benzene rings is 1. The number of halogens is 2. The van der Waals surface area contributed by atoms with Gasteiger partial charge in [-0.25, -0.2) is 0 Å². The average Bonchev–Trinajstić information content (AvgIpc) is 3.13. The first-order valence-electron chi connectivity index (χ1n) is 9.73.